The molecule has 0 heterocycles. The molecule has 0 atom stereocenters. The van der Waals surface area contributed by atoms with Crippen LogP contribution in [0.2, 0.25) is 15.1 Å². The molecule has 0 aliphatic heterocycles. The van der Waals surface area contributed by atoms with Crippen LogP contribution < -0.4 is 9.62 Å². The summed E-state index contributed by atoms with van der Waals surface area (Å²) in [6, 6.07) is 10.3. The fraction of sp³-hybridized carbons (Fsp3) is 0.316. The van der Waals surface area contributed by atoms with Gasteiger partial charge in [0.15, 0.2) is 0 Å². The van der Waals surface area contributed by atoms with E-state index in [0.29, 0.717) is 44.4 Å². The highest BCUT2D eigenvalue weighted by Crippen LogP contribution is 2.29. The number of nitrogens with one attached hydrogen (secondary N) is 1. The Labute approximate surface area is 190 Å². The number of halogens is 3. The van der Waals surface area contributed by atoms with Gasteiger partial charge in [-0.1, -0.05) is 46.9 Å². The lowest BCUT2D eigenvalue weighted by Crippen LogP contribution is -2.41. The van der Waals surface area contributed by atoms with Crippen LogP contribution in [0.15, 0.2) is 36.4 Å². The molecule has 0 bridgehead atoms. The molecule has 0 saturated heterocycles. The highest BCUT2D eigenvalue weighted by molar-refractivity contribution is 7.98. The topological polar surface area (TPSA) is 66.5 Å². The maximum Gasteiger partial charge on any atom is 0.240 e. The minimum atomic E-state index is -3.65. The minimum absolute atomic E-state index is 0.318. The zero-order valence-electron chi connectivity index (χ0n) is 15.9. The van der Waals surface area contributed by atoms with Crippen LogP contribution >= 0.6 is 46.6 Å². The smallest absolute Gasteiger partial charge is 0.240 e. The number of rotatable bonds is 9. The summed E-state index contributed by atoms with van der Waals surface area (Å²) >= 11 is 19.9. The standard InChI is InChI=1S/C19H21Cl3N2O3S2/c1-13-15(20)5-4-8-18(13)24(29(2,26)27)11-19(25)23-9-10-28-12-14-16(21)6-3-7-17(14)22/h3-8H,9-12H2,1-2H3,(H,23,25). The van der Waals surface area contributed by atoms with Gasteiger partial charge in [0, 0.05) is 33.1 Å². The van der Waals surface area contributed by atoms with Crippen molar-refractivity contribution in [2.45, 2.75) is 12.7 Å². The second-order valence-corrected chi connectivity index (χ2v) is 10.5. The number of hydrogen-bond acceptors (Lipinski definition) is 4. The van der Waals surface area contributed by atoms with Gasteiger partial charge in [0.2, 0.25) is 15.9 Å². The highest BCUT2D eigenvalue weighted by atomic mass is 35.5. The molecule has 158 valence electrons. The summed E-state index contributed by atoms with van der Waals surface area (Å²) in [5.41, 5.74) is 1.84. The number of carbonyl (C=O) groups excluding carboxylic acids is 1. The zero-order valence-corrected chi connectivity index (χ0v) is 19.8. The lowest BCUT2D eigenvalue weighted by Gasteiger charge is -2.24. The molecular formula is C19H21Cl3N2O3S2. The first-order chi connectivity index (χ1) is 13.6. The summed E-state index contributed by atoms with van der Waals surface area (Å²) in [5.74, 6) is 0.847. The molecule has 0 aromatic heterocycles. The van der Waals surface area contributed by atoms with Crippen LogP contribution in [0.3, 0.4) is 0 Å². The summed E-state index contributed by atoms with van der Waals surface area (Å²) < 4.78 is 25.5. The minimum Gasteiger partial charge on any atom is -0.354 e. The van der Waals surface area contributed by atoms with Crippen LogP contribution in [0.5, 0.6) is 0 Å². The predicted molar refractivity (Wildman–Crippen MR) is 124 cm³/mol. The molecule has 1 N–H and O–H groups in total. The molecule has 0 fully saturated rings. The van der Waals surface area contributed by atoms with E-state index in [1.807, 2.05) is 0 Å². The van der Waals surface area contributed by atoms with Gasteiger partial charge in [-0.25, -0.2) is 8.42 Å². The van der Waals surface area contributed by atoms with Crippen molar-refractivity contribution in [1.82, 2.24) is 5.32 Å². The first-order valence-electron chi connectivity index (χ1n) is 8.61. The van der Waals surface area contributed by atoms with Crippen LogP contribution in [0.1, 0.15) is 11.1 Å². The van der Waals surface area contributed by atoms with Crippen LogP contribution in [0.4, 0.5) is 5.69 Å². The quantitative estimate of drug-likeness (QED) is 0.509. The van der Waals surface area contributed by atoms with Gasteiger partial charge >= 0.3 is 0 Å². The molecule has 2 aromatic rings. The molecule has 5 nitrogen and oxygen atoms in total. The van der Waals surface area contributed by atoms with Crippen molar-refractivity contribution in [2.75, 3.05) is 29.4 Å². The van der Waals surface area contributed by atoms with Crippen molar-refractivity contribution in [1.29, 1.82) is 0 Å². The second kappa shape index (κ2) is 10.8. The Bertz CT molecular complexity index is 964. The molecule has 0 aliphatic carbocycles. The third kappa shape index (κ3) is 6.96. The van der Waals surface area contributed by atoms with Crippen molar-refractivity contribution in [3.63, 3.8) is 0 Å². The van der Waals surface area contributed by atoms with E-state index < -0.39 is 15.9 Å². The molecule has 0 radical (unpaired) electrons. The van der Waals surface area contributed by atoms with Crippen LogP contribution in [0.25, 0.3) is 0 Å². The molecule has 2 rings (SSSR count). The third-order valence-corrected chi connectivity index (χ3v) is 7.30. The summed E-state index contributed by atoms with van der Waals surface area (Å²) in [7, 11) is -3.65. The monoisotopic (exact) mass is 494 g/mol. The number of thioether (sulfide) groups is 1. The zero-order chi connectivity index (χ0) is 21.6. The van der Waals surface area contributed by atoms with Gasteiger partial charge in [-0.2, -0.15) is 11.8 Å². The fourth-order valence-corrected chi connectivity index (χ4v) is 5.21. The normalized spacial score (nSPS) is 11.3. The number of hydrogen-bond donors (Lipinski definition) is 1. The number of benzene rings is 2. The van der Waals surface area contributed by atoms with Gasteiger partial charge in [0.25, 0.3) is 0 Å². The Hall–Kier alpha value is -1.12. The van der Waals surface area contributed by atoms with Crippen LogP contribution in [-0.4, -0.2) is 39.4 Å². The van der Waals surface area contributed by atoms with Gasteiger partial charge in [0.1, 0.15) is 6.54 Å². The van der Waals surface area contributed by atoms with Crippen LogP contribution in [-0.2, 0) is 20.6 Å². The van der Waals surface area contributed by atoms with Gasteiger partial charge in [0.05, 0.1) is 11.9 Å². The van der Waals surface area contributed by atoms with Crippen LogP contribution in [0, 0.1) is 6.92 Å². The highest BCUT2D eigenvalue weighted by Gasteiger charge is 2.22. The average Bonchev–Trinajstić information content (AvgIpc) is 2.63. The van der Waals surface area contributed by atoms with Crippen molar-refractivity contribution >= 4 is 68.2 Å². The van der Waals surface area contributed by atoms with E-state index in [9.17, 15) is 13.2 Å². The van der Waals surface area contributed by atoms with E-state index in [0.717, 1.165) is 16.1 Å². The molecule has 0 spiro atoms. The summed E-state index contributed by atoms with van der Waals surface area (Å²) in [6.07, 6.45) is 1.06. The Morgan fingerprint density at radius 3 is 2.28 bits per heavy atom. The van der Waals surface area contributed by atoms with Crippen molar-refractivity contribution in [2.24, 2.45) is 0 Å². The Morgan fingerprint density at radius 2 is 1.66 bits per heavy atom. The molecule has 0 saturated carbocycles. The first-order valence-corrected chi connectivity index (χ1v) is 12.7. The molecule has 29 heavy (non-hydrogen) atoms. The van der Waals surface area contributed by atoms with E-state index in [1.54, 1.807) is 55.1 Å². The Balaban J connectivity index is 1.90. The molecule has 0 unspecified atom stereocenters. The number of carbonyl (C=O) groups is 1. The number of amides is 1. The van der Waals surface area contributed by atoms with E-state index in [-0.39, 0.29) is 6.54 Å². The lowest BCUT2D eigenvalue weighted by molar-refractivity contribution is -0.119. The number of anilines is 1. The maximum atomic E-state index is 12.3. The van der Waals surface area contributed by atoms with Crippen molar-refractivity contribution in [3.8, 4) is 0 Å². The number of nitrogens with zero attached hydrogens (tertiary/aromatic N) is 1. The SMILES string of the molecule is Cc1c(Cl)cccc1N(CC(=O)NCCSCc1c(Cl)cccc1Cl)S(C)(=O)=O. The van der Waals surface area contributed by atoms with Gasteiger partial charge in [-0.3, -0.25) is 9.10 Å². The number of sulfonamides is 1. The van der Waals surface area contributed by atoms with Gasteiger partial charge in [-0.05, 0) is 42.3 Å². The second-order valence-electron chi connectivity index (χ2n) is 6.26. The predicted octanol–water partition coefficient (Wildman–Crippen LogP) is 4.77. The first kappa shape index (κ1) is 24.2. The molecule has 0 aliphatic rings. The van der Waals surface area contributed by atoms with E-state index in [4.69, 9.17) is 34.8 Å². The largest absolute Gasteiger partial charge is 0.354 e. The Morgan fingerprint density at radius 1 is 1.07 bits per heavy atom. The van der Waals surface area contributed by atoms with Crippen molar-refractivity contribution < 1.29 is 13.2 Å². The third-order valence-electron chi connectivity index (χ3n) is 4.07. The summed E-state index contributed by atoms with van der Waals surface area (Å²) in [4.78, 5) is 12.3. The fourth-order valence-electron chi connectivity index (χ4n) is 2.54. The lowest BCUT2D eigenvalue weighted by atomic mass is 10.2. The van der Waals surface area contributed by atoms with Crippen molar-refractivity contribution in [3.05, 3.63) is 62.6 Å². The molecule has 2 aromatic carbocycles. The molecular weight excluding hydrogens is 475 g/mol. The van der Waals surface area contributed by atoms with E-state index in [2.05, 4.69) is 5.32 Å². The average molecular weight is 496 g/mol. The summed E-state index contributed by atoms with van der Waals surface area (Å²) in [5, 5.41) is 4.39. The Kier molecular flexibility index (Phi) is 8.97. The summed E-state index contributed by atoms with van der Waals surface area (Å²) in [6.45, 7) is 1.78. The van der Waals surface area contributed by atoms with Gasteiger partial charge < -0.3 is 5.32 Å². The maximum absolute atomic E-state index is 12.3. The molecule has 1 amide bonds. The van der Waals surface area contributed by atoms with E-state index in [1.165, 1.54) is 0 Å². The molecule has 10 heteroatoms. The van der Waals surface area contributed by atoms with Gasteiger partial charge in [-0.15, -0.1) is 0 Å². The van der Waals surface area contributed by atoms with E-state index >= 15 is 0 Å².